The predicted octanol–water partition coefficient (Wildman–Crippen LogP) is 4.35. The lowest BCUT2D eigenvalue weighted by Gasteiger charge is -2.37. The van der Waals surface area contributed by atoms with Crippen molar-refractivity contribution in [2.45, 2.75) is 45.4 Å². The molecule has 1 fully saturated rings. The van der Waals surface area contributed by atoms with Gasteiger partial charge in [0.05, 0.1) is 0 Å². The third kappa shape index (κ3) is 2.41. The van der Waals surface area contributed by atoms with Crippen LogP contribution in [0.1, 0.15) is 49.3 Å². The molecule has 1 heterocycles. The van der Waals surface area contributed by atoms with Crippen LogP contribution in [0.3, 0.4) is 0 Å². The minimum absolute atomic E-state index is 0. The fourth-order valence-corrected chi connectivity index (χ4v) is 4.12. The topological polar surface area (TPSA) is 12.0 Å². The van der Waals surface area contributed by atoms with Gasteiger partial charge in [0.25, 0.3) is 0 Å². The minimum atomic E-state index is 0. The molecule has 1 aliphatic carbocycles. The lowest BCUT2D eigenvalue weighted by atomic mass is 9.67. The molecule has 2 atom stereocenters. The number of nitrogens with one attached hydrogen (secondary N) is 1. The molecule has 3 rings (SSSR count). The maximum Gasteiger partial charge on any atom is 0.0472 e. The highest BCUT2D eigenvalue weighted by Crippen LogP contribution is 2.49. The van der Waals surface area contributed by atoms with Gasteiger partial charge in [-0.25, -0.2) is 0 Å². The van der Waals surface area contributed by atoms with Gasteiger partial charge in [-0.1, -0.05) is 44.0 Å². The molecule has 1 saturated heterocycles. The Labute approximate surface area is 127 Å². The SMILES string of the molecule is CCCc1ccc2c(c1Cl)CC[C@]1(C)CNC[C@H]21.Cl. The average molecular weight is 300 g/mol. The van der Waals surface area contributed by atoms with E-state index in [4.69, 9.17) is 11.6 Å². The number of hydrogen-bond donors (Lipinski definition) is 1. The molecule has 3 heteroatoms. The number of halogens is 2. The van der Waals surface area contributed by atoms with Gasteiger partial charge >= 0.3 is 0 Å². The van der Waals surface area contributed by atoms with Gasteiger partial charge in [0, 0.05) is 24.0 Å². The first-order valence-electron chi connectivity index (χ1n) is 7.16. The molecule has 2 aliphatic rings. The molecule has 0 radical (unpaired) electrons. The molecule has 0 bridgehead atoms. The van der Waals surface area contributed by atoms with Crippen molar-refractivity contribution in [3.05, 3.63) is 33.8 Å². The summed E-state index contributed by atoms with van der Waals surface area (Å²) in [5.74, 6) is 0.662. The second-order valence-electron chi connectivity index (χ2n) is 6.19. The fourth-order valence-electron chi connectivity index (χ4n) is 3.76. The monoisotopic (exact) mass is 299 g/mol. The fraction of sp³-hybridized carbons (Fsp3) is 0.625. The van der Waals surface area contributed by atoms with E-state index < -0.39 is 0 Å². The molecule has 0 spiro atoms. The summed E-state index contributed by atoms with van der Waals surface area (Å²) in [6.45, 7) is 6.92. The van der Waals surface area contributed by atoms with Crippen molar-refractivity contribution in [2.24, 2.45) is 5.41 Å². The molecule has 0 unspecified atom stereocenters. The molecule has 1 aromatic rings. The summed E-state index contributed by atoms with van der Waals surface area (Å²) in [6.07, 6.45) is 4.70. The second-order valence-corrected chi connectivity index (χ2v) is 6.57. The van der Waals surface area contributed by atoms with Crippen molar-refractivity contribution in [1.82, 2.24) is 5.32 Å². The van der Waals surface area contributed by atoms with Crippen molar-refractivity contribution < 1.29 is 0 Å². The Balaban J connectivity index is 0.00000133. The van der Waals surface area contributed by atoms with Crippen LogP contribution in [0.25, 0.3) is 0 Å². The van der Waals surface area contributed by atoms with E-state index in [0.29, 0.717) is 11.3 Å². The van der Waals surface area contributed by atoms with Crippen molar-refractivity contribution in [1.29, 1.82) is 0 Å². The first kappa shape index (κ1) is 15.2. The highest BCUT2D eigenvalue weighted by Gasteiger charge is 2.43. The van der Waals surface area contributed by atoms with Crippen LogP contribution in [-0.2, 0) is 12.8 Å². The normalized spacial score (nSPS) is 28.5. The van der Waals surface area contributed by atoms with Gasteiger partial charge in [-0.05, 0) is 41.4 Å². The zero-order chi connectivity index (χ0) is 12.8. The van der Waals surface area contributed by atoms with Crippen molar-refractivity contribution in [3.8, 4) is 0 Å². The van der Waals surface area contributed by atoms with E-state index in [1.165, 1.54) is 29.5 Å². The van der Waals surface area contributed by atoms with Gasteiger partial charge in [0.2, 0.25) is 0 Å². The molecule has 106 valence electrons. The van der Waals surface area contributed by atoms with E-state index in [2.05, 4.69) is 31.3 Å². The zero-order valence-electron chi connectivity index (χ0n) is 11.8. The highest BCUT2D eigenvalue weighted by atomic mass is 35.5. The van der Waals surface area contributed by atoms with Gasteiger partial charge in [0.1, 0.15) is 0 Å². The zero-order valence-corrected chi connectivity index (χ0v) is 13.3. The van der Waals surface area contributed by atoms with E-state index in [1.807, 2.05) is 0 Å². The summed E-state index contributed by atoms with van der Waals surface area (Å²) in [5, 5.41) is 4.62. The molecule has 1 nitrogen and oxygen atoms in total. The van der Waals surface area contributed by atoms with Crippen LogP contribution in [0.4, 0.5) is 0 Å². The third-order valence-corrected chi connectivity index (χ3v) is 5.39. The summed E-state index contributed by atoms with van der Waals surface area (Å²) >= 11 is 6.62. The van der Waals surface area contributed by atoms with Gasteiger partial charge in [-0.15, -0.1) is 12.4 Å². The van der Waals surface area contributed by atoms with E-state index in [-0.39, 0.29) is 12.4 Å². The van der Waals surface area contributed by atoms with Crippen LogP contribution >= 0.6 is 24.0 Å². The molecule has 1 N–H and O–H groups in total. The van der Waals surface area contributed by atoms with E-state index >= 15 is 0 Å². The van der Waals surface area contributed by atoms with Gasteiger partial charge < -0.3 is 5.32 Å². The molecule has 0 amide bonds. The molecular formula is C16H23Cl2N. The molecule has 0 aromatic heterocycles. The van der Waals surface area contributed by atoms with Crippen LogP contribution in [0.5, 0.6) is 0 Å². The molecule has 1 aliphatic heterocycles. The summed E-state index contributed by atoms with van der Waals surface area (Å²) in [5.41, 5.74) is 4.74. The summed E-state index contributed by atoms with van der Waals surface area (Å²) in [7, 11) is 0. The summed E-state index contributed by atoms with van der Waals surface area (Å²) in [4.78, 5) is 0. The Morgan fingerprint density at radius 2 is 2.21 bits per heavy atom. The quantitative estimate of drug-likeness (QED) is 0.856. The first-order chi connectivity index (χ1) is 8.65. The third-order valence-electron chi connectivity index (χ3n) is 4.92. The van der Waals surface area contributed by atoms with Gasteiger partial charge in [-0.2, -0.15) is 0 Å². The standard InChI is InChI=1S/C16H22ClN.ClH/c1-3-4-11-5-6-12-13(15(11)17)7-8-16(2)10-18-9-14(12)16;/h5-6,14,18H,3-4,7-10H2,1-2H3;1H/t14-,16-;/m1./s1. The summed E-state index contributed by atoms with van der Waals surface area (Å²) < 4.78 is 0. The Morgan fingerprint density at radius 3 is 2.95 bits per heavy atom. The van der Waals surface area contributed by atoms with Crippen LogP contribution < -0.4 is 5.32 Å². The number of hydrogen-bond acceptors (Lipinski definition) is 1. The average Bonchev–Trinajstić information content (AvgIpc) is 2.75. The number of benzene rings is 1. The van der Waals surface area contributed by atoms with Crippen molar-refractivity contribution in [2.75, 3.05) is 13.1 Å². The Bertz CT molecular complexity index is 472. The van der Waals surface area contributed by atoms with E-state index in [0.717, 1.165) is 31.0 Å². The molecule has 1 aromatic carbocycles. The molecule has 19 heavy (non-hydrogen) atoms. The number of aryl methyl sites for hydroxylation is 1. The molecule has 0 saturated carbocycles. The van der Waals surface area contributed by atoms with Gasteiger partial charge in [-0.3, -0.25) is 0 Å². The lowest BCUT2D eigenvalue weighted by molar-refractivity contribution is 0.277. The van der Waals surface area contributed by atoms with Gasteiger partial charge in [0.15, 0.2) is 0 Å². The lowest BCUT2D eigenvalue weighted by Crippen LogP contribution is -2.30. The Hall–Kier alpha value is -0.240. The predicted molar refractivity (Wildman–Crippen MR) is 84.7 cm³/mol. The Morgan fingerprint density at radius 1 is 1.42 bits per heavy atom. The largest absolute Gasteiger partial charge is 0.316 e. The van der Waals surface area contributed by atoms with Crippen LogP contribution in [-0.4, -0.2) is 13.1 Å². The number of fused-ring (bicyclic) bond motifs is 3. The smallest absolute Gasteiger partial charge is 0.0472 e. The maximum absolute atomic E-state index is 6.62. The molecular weight excluding hydrogens is 277 g/mol. The minimum Gasteiger partial charge on any atom is -0.316 e. The van der Waals surface area contributed by atoms with E-state index in [1.54, 1.807) is 0 Å². The van der Waals surface area contributed by atoms with Crippen molar-refractivity contribution in [3.63, 3.8) is 0 Å². The number of rotatable bonds is 2. The maximum atomic E-state index is 6.62. The highest BCUT2D eigenvalue weighted by molar-refractivity contribution is 6.32. The van der Waals surface area contributed by atoms with Crippen LogP contribution in [0.15, 0.2) is 12.1 Å². The van der Waals surface area contributed by atoms with Crippen molar-refractivity contribution >= 4 is 24.0 Å². The van der Waals surface area contributed by atoms with E-state index in [9.17, 15) is 0 Å². The van der Waals surface area contributed by atoms with Crippen LogP contribution in [0.2, 0.25) is 5.02 Å². The second kappa shape index (κ2) is 5.63. The summed E-state index contributed by atoms with van der Waals surface area (Å²) in [6, 6.07) is 4.61. The first-order valence-corrected chi connectivity index (χ1v) is 7.54. The van der Waals surface area contributed by atoms with Crippen LogP contribution in [0, 0.1) is 5.41 Å². The Kier molecular flexibility index (Phi) is 4.49.